The Morgan fingerprint density at radius 1 is 1.25 bits per heavy atom. The molecule has 0 spiro atoms. The predicted octanol–water partition coefficient (Wildman–Crippen LogP) is 3.71. The van der Waals surface area contributed by atoms with E-state index in [4.69, 9.17) is 11.6 Å². The molecule has 4 nitrogen and oxygen atoms in total. The van der Waals surface area contributed by atoms with Crippen LogP contribution in [-0.2, 0) is 19.4 Å². The number of aromatic nitrogens is 4. The van der Waals surface area contributed by atoms with Gasteiger partial charge in [-0.1, -0.05) is 25.4 Å². The van der Waals surface area contributed by atoms with Gasteiger partial charge in [-0.15, -0.1) is 11.3 Å². The van der Waals surface area contributed by atoms with E-state index in [9.17, 15) is 0 Å². The second kappa shape index (κ2) is 5.50. The normalized spacial score (nSPS) is 11.3. The van der Waals surface area contributed by atoms with Gasteiger partial charge in [0.1, 0.15) is 16.5 Å². The molecule has 3 aromatic heterocycles. The first kappa shape index (κ1) is 13.5. The Morgan fingerprint density at radius 3 is 2.85 bits per heavy atom. The smallest absolute Gasteiger partial charge is 0.153 e. The van der Waals surface area contributed by atoms with Crippen LogP contribution in [-0.4, -0.2) is 19.7 Å². The number of fused-ring (bicyclic) bond motifs is 1. The van der Waals surface area contributed by atoms with Gasteiger partial charge < -0.3 is 0 Å². The second-order valence-electron chi connectivity index (χ2n) is 4.56. The molecule has 104 valence electrons. The number of aryl methyl sites for hydroxylation is 2. The molecular weight excluding hydrogens is 292 g/mol. The number of thiophene rings is 1. The quantitative estimate of drug-likeness (QED) is 0.690. The van der Waals surface area contributed by atoms with Crippen LogP contribution < -0.4 is 0 Å². The van der Waals surface area contributed by atoms with Crippen molar-refractivity contribution < 1.29 is 0 Å². The van der Waals surface area contributed by atoms with Gasteiger partial charge in [0.2, 0.25) is 0 Å². The maximum atomic E-state index is 6.20. The van der Waals surface area contributed by atoms with Crippen LogP contribution in [0, 0.1) is 0 Å². The van der Waals surface area contributed by atoms with E-state index in [1.807, 2.05) is 16.1 Å². The summed E-state index contributed by atoms with van der Waals surface area (Å²) in [6.45, 7) is 4.80. The Morgan fingerprint density at radius 2 is 2.10 bits per heavy atom. The highest BCUT2D eigenvalue weighted by Gasteiger charge is 2.11. The monoisotopic (exact) mass is 306 g/mol. The van der Waals surface area contributed by atoms with E-state index >= 15 is 0 Å². The van der Waals surface area contributed by atoms with E-state index in [0.717, 1.165) is 28.8 Å². The maximum Gasteiger partial charge on any atom is 0.153 e. The molecule has 0 amide bonds. The first-order chi connectivity index (χ1) is 9.71. The molecule has 0 N–H and O–H groups in total. The van der Waals surface area contributed by atoms with Crippen LogP contribution in [0.3, 0.4) is 0 Å². The number of nitrogens with zero attached hydrogens (tertiary/aromatic N) is 4. The highest BCUT2D eigenvalue weighted by molar-refractivity contribution is 7.16. The first-order valence-electron chi connectivity index (χ1n) is 6.66. The van der Waals surface area contributed by atoms with E-state index in [1.54, 1.807) is 11.3 Å². The summed E-state index contributed by atoms with van der Waals surface area (Å²) in [4.78, 5) is 9.87. The van der Waals surface area contributed by atoms with Gasteiger partial charge >= 0.3 is 0 Å². The average Bonchev–Trinajstić information content (AvgIpc) is 3.05. The van der Waals surface area contributed by atoms with Gasteiger partial charge in [0.05, 0.1) is 5.69 Å². The molecule has 0 aromatic carbocycles. The molecule has 0 unspecified atom stereocenters. The van der Waals surface area contributed by atoms with Gasteiger partial charge in [-0.2, -0.15) is 5.10 Å². The Labute approximate surface area is 126 Å². The molecule has 0 bridgehead atoms. The van der Waals surface area contributed by atoms with Crippen molar-refractivity contribution in [3.05, 3.63) is 39.9 Å². The van der Waals surface area contributed by atoms with E-state index in [-0.39, 0.29) is 0 Å². The van der Waals surface area contributed by atoms with Gasteiger partial charge in [-0.25, -0.2) is 9.97 Å². The first-order valence-corrected chi connectivity index (χ1v) is 7.92. The van der Waals surface area contributed by atoms with E-state index in [0.29, 0.717) is 17.5 Å². The molecule has 0 fully saturated rings. The maximum absolute atomic E-state index is 6.20. The fourth-order valence-electron chi connectivity index (χ4n) is 2.17. The summed E-state index contributed by atoms with van der Waals surface area (Å²) in [5.41, 5.74) is 2.30. The zero-order chi connectivity index (χ0) is 14.1. The van der Waals surface area contributed by atoms with Crippen molar-refractivity contribution in [1.29, 1.82) is 0 Å². The summed E-state index contributed by atoms with van der Waals surface area (Å²) in [5.74, 6) is 0.713. The molecule has 0 saturated heterocycles. The fourth-order valence-corrected chi connectivity index (χ4v) is 3.26. The van der Waals surface area contributed by atoms with Crippen molar-refractivity contribution in [2.45, 2.75) is 33.2 Å². The molecular formula is C14H15ClN4S. The van der Waals surface area contributed by atoms with Crippen LogP contribution in [0.25, 0.3) is 10.2 Å². The van der Waals surface area contributed by atoms with Crippen LogP contribution in [0.5, 0.6) is 0 Å². The standard InChI is InChI=1S/C14H15ClN4S/c1-3-9-7-10(4-2)19(18-9)8-12-16-13(15)11-5-6-20-14(11)17-12/h5-7H,3-4,8H2,1-2H3. The van der Waals surface area contributed by atoms with E-state index in [2.05, 4.69) is 35.0 Å². The molecule has 0 radical (unpaired) electrons. The average molecular weight is 307 g/mol. The van der Waals surface area contributed by atoms with Crippen molar-refractivity contribution in [3.63, 3.8) is 0 Å². The summed E-state index contributed by atoms with van der Waals surface area (Å²) in [6.07, 6.45) is 1.88. The Kier molecular flexibility index (Phi) is 3.72. The van der Waals surface area contributed by atoms with Gasteiger partial charge in [-0.3, -0.25) is 4.68 Å². The molecule has 0 saturated carbocycles. The lowest BCUT2D eigenvalue weighted by atomic mass is 10.2. The van der Waals surface area contributed by atoms with E-state index in [1.165, 1.54) is 5.69 Å². The predicted molar refractivity (Wildman–Crippen MR) is 82.5 cm³/mol. The Hall–Kier alpha value is -1.46. The third kappa shape index (κ3) is 2.43. The third-order valence-electron chi connectivity index (χ3n) is 3.25. The van der Waals surface area contributed by atoms with Crippen LogP contribution in [0.2, 0.25) is 5.15 Å². The lowest BCUT2D eigenvalue weighted by molar-refractivity contribution is 0.619. The minimum Gasteiger partial charge on any atom is -0.262 e. The Bertz CT molecular complexity index is 747. The van der Waals surface area contributed by atoms with E-state index < -0.39 is 0 Å². The minimum absolute atomic E-state index is 0.521. The zero-order valence-corrected chi connectivity index (χ0v) is 13.0. The third-order valence-corrected chi connectivity index (χ3v) is 4.35. The van der Waals surface area contributed by atoms with Crippen molar-refractivity contribution >= 4 is 33.2 Å². The highest BCUT2D eigenvalue weighted by Crippen LogP contribution is 2.25. The second-order valence-corrected chi connectivity index (χ2v) is 5.81. The fraction of sp³-hybridized carbons (Fsp3) is 0.357. The summed E-state index contributed by atoms with van der Waals surface area (Å²) >= 11 is 7.78. The summed E-state index contributed by atoms with van der Waals surface area (Å²) < 4.78 is 1.98. The van der Waals surface area contributed by atoms with Crippen LogP contribution in [0.15, 0.2) is 17.5 Å². The molecule has 3 heterocycles. The van der Waals surface area contributed by atoms with Gasteiger partial charge in [0, 0.05) is 11.1 Å². The molecule has 6 heteroatoms. The molecule has 3 aromatic rings. The van der Waals surface area contributed by atoms with Crippen LogP contribution in [0.1, 0.15) is 31.1 Å². The zero-order valence-electron chi connectivity index (χ0n) is 11.4. The number of hydrogen-bond donors (Lipinski definition) is 0. The molecule has 20 heavy (non-hydrogen) atoms. The SMILES string of the molecule is CCc1cc(CC)n(Cc2nc(Cl)c3ccsc3n2)n1. The highest BCUT2D eigenvalue weighted by atomic mass is 35.5. The van der Waals surface area contributed by atoms with Gasteiger partial charge in [-0.05, 0) is 30.4 Å². The number of hydrogen-bond acceptors (Lipinski definition) is 4. The molecule has 0 aliphatic heterocycles. The number of halogens is 1. The summed E-state index contributed by atoms with van der Waals surface area (Å²) in [5, 5.41) is 8.01. The molecule has 0 atom stereocenters. The van der Waals surface area contributed by atoms with Gasteiger partial charge in [0.15, 0.2) is 5.82 Å². The largest absolute Gasteiger partial charge is 0.262 e. The lowest BCUT2D eigenvalue weighted by Gasteiger charge is -2.05. The molecule has 3 rings (SSSR count). The topological polar surface area (TPSA) is 43.6 Å². The summed E-state index contributed by atoms with van der Waals surface area (Å²) in [7, 11) is 0. The number of rotatable bonds is 4. The van der Waals surface area contributed by atoms with Crippen molar-refractivity contribution in [1.82, 2.24) is 19.7 Å². The van der Waals surface area contributed by atoms with Crippen LogP contribution >= 0.6 is 22.9 Å². The lowest BCUT2D eigenvalue weighted by Crippen LogP contribution is -2.09. The molecule has 0 aliphatic carbocycles. The molecule has 0 aliphatic rings. The van der Waals surface area contributed by atoms with Crippen molar-refractivity contribution in [2.75, 3.05) is 0 Å². The van der Waals surface area contributed by atoms with Crippen molar-refractivity contribution in [2.24, 2.45) is 0 Å². The van der Waals surface area contributed by atoms with Crippen molar-refractivity contribution in [3.8, 4) is 0 Å². The Balaban J connectivity index is 1.98. The van der Waals surface area contributed by atoms with Gasteiger partial charge in [0.25, 0.3) is 0 Å². The summed E-state index contributed by atoms with van der Waals surface area (Å²) in [6, 6.07) is 4.10. The van der Waals surface area contributed by atoms with Crippen LogP contribution in [0.4, 0.5) is 0 Å². The minimum atomic E-state index is 0.521.